The van der Waals surface area contributed by atoms with Crippen LogP contribution in [-0.2, 0) is 0 Å². The van der Waals surface area contributed by atoms with Crippen molar-refractivity contribution < 1.29 is 0 Å². The van der Waals surface area contributed by atoms with Gasteiger partial charge in [0, 0.05) is 0 Å². The molecule has 2 N–H and O–H groups in total. The highest BCUT2D eigenvalue weighted by atomic mass is 127. The maximum atomic E-state index is 5.55. The number of aromatic nitrogens is 4. The van der Waals surface area contributed by atoms with Gasteiger partial charge in [0.2, 0.25) is 0 Å². The molecule has 0 atom stereocenters. The Hall–Kier alpha value is -0.920. The van der Waals surface area contributed by atoms with Crippen molar-refractivity contribution in [3.05, 3.63) is 16.1 Å². The standard InChI is InChI=1S/C5H4IN5/c6-4-3-1-8-2-9-11(3)10-5(4)7/h1-2H,(H2,7,10). The third kappa shape index (κ3) is 0.934. The summed E-state index contributed by atoms with van der Waals surface area (Å²) >= 11 is 2.11. The lowest BCUT2D eigenvalue weighted by Crippen LogP contribution is -1.93. The van der Waals surface area contributed by atoms with Crippen molar-refractivity contribution >= 4 is 33.9 Å². The summed E-state index contributed by atoms with van der Waals surface area (Å²) < 4.78 is 2.35. The van der Waals surface area contributed by atoms with Gasteiger partial charge in [-0.05, 0) is 22.6 Å². The Kier molecular flexibility index (Phi) is 1.41. The summed E-state index contributed by atoms with van der Waals surface area (Å²) in [5.74, 6) is 0.492. The number of nitrogen functional groups attached to an aromatic ring is 1. The molecule has 2 heterocycles. The Labute approximate surface area is 75.7 Å². The highest BCUT2D eigenvalue weighted by molar-refractivity contribution is 14.1. The lowest BCUT2D eigenvalue weighted by molar-refractivity contribution is 0.784. The van der Waals surface area contributed by atoms with E-state index >= 15 is 0 Å². The predicted molar refractivity (Wildman–Crippen MR) is 47.9 cm³/mol. The number of nitrogens with two attached hydrogens (primary N) is 1. The van der Waals surface area contributed by atoms with E-state index in [4.69, 9.17) is 5.73 Å². The minimum atomic E-state index is 0.492. The van der Waals surface area contributed by atoms with E-state index in [-0.39, 0.29) is 0 Å². The first-order chi connectivity index (χ1) is 5.29. The summed E-state index contributed by atoms with van der Waals surface area (Å²) in [6.45, 7) is 0. The first-order valence-electron chi connectivity index (χ1n) is 2.89. The van der Waals surface area contributed by atoms with Crippen molar-refractivity contribution in [3.63, 3.8) is 0 Å². The second-order valence-electron chi connectivity index (χ2n) is 1.98. The minimum absolute atomic E-state index is 0.492. The molecule has 0 aromatic carbocycles. The number of hydrogen-bond acceptors (Lipinski definition) is 4. The molecule has 6 heteroatoms. The van der Waals surface area contributed by atoms with Gasteiger partial charge in [0.05, 0.1) is 9.77 Å². The second-order valence-corrected chi connectivity index (χ2v) is 3.06. The molecule has 2 rings (SSSR count). The van der Waals surface area contributed by atoms with Gasteiger partial charge in [-0.1, -0.05) is 0 Å². The first kappa shape index (κ1) is 6.77. The molecular formula is C5H4IN5. The van der Waals surface area contributed by atoms with E-state index in [0.29, 0.717) is 5.82 Å². The molecule has 0 unspecified atom stereocenters. The molecule has 5 nitrogen and oxygen atoms in total. The number of nitrogens with zero attached hydrogens (tertiary/aromatic N) is 4. The SMILES string of the molecule is Nc1nn2ncncc2c1I. The van der Waals surface area contributed by atoms with Crippen LogP contribution in [0.5, 0.6) is 0 Å². The minimum Gasteiger partial charge on any atom is -0.381 e. The van der Waals surface area contributed by atoms with Crippen LogP contribution in [0.1, 0.15) is 0 Å². The Bertz CT molecular complexity index is 395. The lowest BCUT2D eigenvalue weighted by Gasteiger charge is -1.86. The zero-order chi connectivity index (χ0) is 7.84. The van der Waals surface area contributed by atoms with Crippen molar-refractivity contribution in [2.75, 3.05) is 5.73 Å². The monoisotopic (exact) mass is 261 g/mol. The Balaban J connectivity index is 2.92. The van der Waals surface area contributed by atoms with Gasteiger partial charge >= 0.3 is 0 Å². The number of rotatable bonds is 0. The molecule has 0 radical (unpaired) electrons. The normalized spacial score (nSPS) is 10.6. The molecule has 11 heavy (non-hydrogen) atoms. The third-order valence-electron chi connectivity index (χ3n) is 1.29. The Morgan fingerprint density at radius 3 is 3.09 bits per heavy atom. The molecule has 0 fully saturated rings. The largest absolute Gasteiger partial charge is 0.381 e. The van der Waals surface area contributed by atoms with Crippen LogP contribution >= 0.6 is 22.6 Å². The molecule has 0 aliphatic heterocycles. The zero-order valence-electron chi connectivity index (χ0n) is 5.40. The van der Waals surface area contributed by atoms with E-state index in [1.807, 2.05) is 0 Å². The average Bonchev–Trinajstić information content (AvgIpc) is 2.30. The van der Waals surface area contributed by atoms with Gasteiger partial charge in [-0.15, -0.1) is 14.8 Å². The van der Waals surface area contributed by atoms with Crippen LogP contribution < -0.4 is 5.73 Å². The molecule has 56 valence electrons. The Morgan fingerprint density at radius 2 is 2.36 bits per heavy atom. The molecule has 0 saturated carbocycles. The molecule has 2 aromatic rings. The fourth-order valence-corrected chi connectivity index (χ4v) is 1.26. The highest BCUT2D eigenvalue weighted by Gasteiger charge is 2.05. The summed E-state index contributed by atoms with van der Waals surface area (Å²) in [5, 5.41) is 7.82. The maximum Gasteiger partial charge on any atom is 0.161 e. The van der Waals surface area contributed by atoms with Gasteiger partial charge in [-0.25, -0.2) is 4.98 Å². The van der Waals surface area contributed by atoms with E-state index in [9.17, 15) is 0 Å². The fraction of sp³-hybridized carbons (Fsp3) is 0. The molecule has 0 bridgehead atoms. The van der Waals surface area contributed by atoms with Crippen LogP contribution in [0.4, 0.5) is 5.82 Å². The van der Waals surface area contributed by atoms with E-state index in [1.54, 1.807) is 6.20 Å². The summed E-state index contributed by atoms with van der Waals surface area (Å²) in [7, 11) is 0. The Morgan fingerprint density at radius 1 is 1.55 bits per heavy atom. The van der Waals surface area contributed by atoms with Crippen LogP contribution in [0.15, 0.2) is 12.5 Å². The van der Waals surface area contributed by atoms with Gasteiger partial charge in [0.15, 0.2) is 5.82 Å². The summed E-state index contributed by atoms with van der Waals surface area (Å²) in [6, 6.07) is 0. The quantitative estimate of drug-likeness (QED) is 0.693. The van der Waals surface area contributed by atoms with Crippen LogP contribution in [0, 0.1) is 3.57 Å². The molecule has 0 saturated heterocycles. The lowest BCUT2D eigenvalue weighted by atomic mass is 10.5. The van der Waals surface area contributed by atoms with Crippen LogP contribution in [-0.4, -0.2) is 19.8 Å². The number of halogens is 1. The van der Waals surface area contributed by atoms with Crippen molar-refractivity contribution in [2.24, 2.45) is 0 Å². The highest BCUT2D eigenvalue weighted by Crippen LogP contribution is 2.17. The molecule has 0 amide bonds. The van der Waals surface area contributed by atoms with Gasteiger partial charge < -0.3 is 5.73 Å². The van der Waals surface area contributed by atoms with Crippen LogP contribution in [0.2, 0.25) is 0 Å². The predicted octanol–water partition coefficient (Wildman–Crippen LogP) is 0.311. The topological polar surface area (TPSA) is 69.1 Å². The number of hydrogen-bond donors (Lipinski definition) is 1. The van der Waals surface area contributed by atoms with Crippen molar-refractivity contribution in [1.29, 1.82) is 0 Å². The maximum absolute atomic E-state index is 5.55. The summed E-state index contributed by atoms with van der Waals surface area (Å²) in [6.07, 6.45) is 3.10. The average molecular weight is 261 g/mol. The third-order valence-corrected chi connectivity index (χ3v) is 2.40. The molecule has 2 aromatic heterocycles. The molecule has 0 spiro atoms. The van der Waals surface area contributed by atoms with E-state index < -0.39 is 0 Å². The molecule has 0 aliphatic carbocycles. The number of anilines is 1. The smallest absolute Gasteiger partial charge is 0.161 e. The van der Waals surface area contributed by atoms with Gasteiger partial charge in [0.1, 0.15) is 11.8 Å². The van der Waals surface area contributed by atoms with Crippen molar-refractivity contribution in [1.82, 2.24) is 19.8 Å². The summed E-state index contributed by atoms with van der Waals surface area (Å²) in [5.41, 5.74) is 6.38. The van der Waals surface area contributed by atoms with Gasteiger partial charge in [0.25, 0.3) is 0 Å². The van der Waals surface area contributed by atoms with E-state index in [2.05, 4.69) is 37.8 Å². The van der Waals surface area contributed by atoms with Gasteiger partial charge in [-0.3, -0.25) is 0 Å². The second kappa shape index (κ2) is 2.29. The zero-order valence-corrected chi connectivity index (χ0v) is 7.56. The number of fused-ring (bicyclic) bond motifs is 1. The van der Waals surface area contributed by atoms with Gasteiger partial charge in [-0.2, -0.15) is 0 Å². The summed E-state index contributed by atoms with van der Waals surface area (Å²) in [4.78, 5) is 3.85. The van der Waals surface area contributed by atoms with Crippen molar-refractivity contribution in [3.8, 4) is 0 Å². The molecule has 0 aliphatic rings. The first-order valence-corrected chi connectivity index (χ1v) is 3.97. The van der Waals surface area contributed by atoms with Crippen LogP contribution in [0.25, 0.3) is 5.52 Å². The van der Waals surface area contributed by atoms with E-state index in [0.717, 1.165) is 9.09 Å². The fourth-order valence-electron chi connectivity index (χ4n) is 0.798. The van der Waals surface area contributed by atoms with Crippen molar-refractivity contribution in [2.45, 2.75) is 0 Å². The van der Waals surface area contributed by atoms with E-state index in [1.165, 1.54) is 11.0 Å². The molecular weight excluding hydrogens is 257 g/mol. The van der Waals surface area contributed by atoms with Crippen LogP contribution in [0.3, 0.4) is 0 Å².